The molecular weight excluding hydrogens is 540 g/mol. The molecule has 3 heterocycles. The molecule has 0 aromatic heterocycles. The van der Waals surface area contributed by atoms with Gasteiger partial charge in [-0.1, -0.05) is 13.8 Å². The van der Waals surface area contributed by atoms with E-state index in [0.717, 1.165) is 38.8 Å². The monoisotopic (exact) mass is 590 g/mol. The number of piperidine rings is 2. The van der Waals surface area contributed by atoms with Crippen molar-refractivity contribution in [1.29, 1.82) is 0 Å². The summed E-state index contributed by atoms with van der Waals surface area (Å²) in [6.07, 6.45) is 4.28. The number of amides is 4. The molecule has 0 saturated carbocycles. The highest BCUT2D eigenvalue weighted by atomic mass is 16.6. The lowest BCUT2D eigenvalue weighted by Gasteiger charge is -2.37. The Morgan fingerprint density at radius 1 is 0.976 bits per heavy atom. The number of rotatable bonds is 8. The number of likely N-dealkylation sites (tertiary alicyclic amines) is 2. The Bertz CT molecular complexity index is 1090. The lowest BCUT2D eigenvalue weighted by atomic mass is 10.0. The van der Waals surface area contributed by atoms with E-state index in [1.807, 2.05) is 39.5 Å². The number of methoxy groups -OCH3 is 1. The molecule has 11 nitrogen and oxygen atoms in total. The fraction of sp³-hybridized carbons (Fsp3) is 0.677. The minimum Gasteiger partial charge on any atom is -0.495 e. The Hall–Kier alpha value is -3.18. The summed E-state index contributed by atoms with van der Waals surface area (Å²) in [5.74, 6) is -0.119. The number of urea groups is 1. The topological polar surface area (TPSA) is 118 Å². The zero-order valence-electron chi connectivity index (χ0n) is 26.1. The zero-order valence-corrected chi connectivity index (χ0v) is 26.1. The number of imide groups is 1. The van der Waals surface area contributed by atoms with Gasteiger partial charge in [0.1, 0.15) is 11.4 Å². The summed E-state index contributed by atoms with van der Waals surface area (Å²) in [6.45, 7) is 13.6. The second-order valence-electron chi connectivity index (χ2n) is 11.6. The summed E-state index contributed by atoms with van der Waals surface area (Å²) >= 11 is 0. The summed E-state index contributed by atoms with van der Waals surface area (Å²) in [6, 6.07) is 4.53. The van der Waals surface area contributed by atoms with Gasteiger partial charge in [-0.2, -0.15) is 0 Å². The molecular formula is C31H50N4O7. The van der Waals surface area contributed by atoms with Crippen molar-refractivity contribution in [3.63, 3.8) is 0 Å². The maximum atomic E-state index is 13.3. The van der Waals surface area contributed by atoms with Crippen LogP contribution in [0.5, 0.6) is 5.75 Å². The Kier molecular flexibility index (Phi) is 12.2. The van der Waals surface area contributed by atoms with Gasteiger partial charge < -0.3 is 24.0 Å². The third-order valence-corrected chi connectivity index (χ3v) is 7.47. The van der Waals surface area contributed by atoms with Crippen molar-refractivity contribution in [3.8, 4) is 5.75 Å². The number of carbonyl (C=O) groups excluding carboxylic acids is 4. The Balaban J connectivity index is 0.00000211. The Labute approximate surface area is 251 Å². The number of hydrogen-bond acceptors (Lipinski definition) is 8. The van der Waals surface area contributed by atoms with Crippen LogP contribution in [0.15, 0.2) is 18.2 Å². The number of hydrogen-bond donors (Lipinski definition) is 1. The molecule has 0 unspecified atom stereocenters. The molecule has 1 N–H and O–H groups in total. The van der Waals surface area contributed by atoms with Gasteiger partial charge in [-0.3, -0.25) is 24.6 Å². The van der Waals surface area contributed by atoms with Gasteiger partial charge in [0.15, 0.2) is 0 Å². The number of esters is 1. The van der Waals surface area contributed by atoms with E-state index >= 15 is 0 Å². The average Bonchev–Trinajstić information content (AvgIpc) is 2.97. The summed E-state index contributed by atoms with van der Waals surface area (Å²) in [4.78, 5) is 54.8. The van der Waals surface area contributed by atoms with Crippen LogP contribution in [-0.4, -0.2) is 97.8 Å². The molecule has 0 spiro atoms. The van der Waals surface area contributed by atoms with Crippen molar-refractivity contribution in [1.82, 2.24) is 15.1 Å². The largest absolute Gasteiger partial charge is 0.495 e. The van der Waals surface area contributed by atoms with Gasteiger partial charge in [0.05, 0.1) is 31.4 Å². The first kappa shape index (κ1) is 33.3. The number of carbonyl (C=O) groups is 4. The summed E-state index contributed by atoms with van der Waals surface area (Å²) < 4.78 is 17.2. The minimum absolute atomic E-state index is 0. The van der Waals surface area contributed by atoms with Crippen molar-refractivity contribution in [2.45, 2.75) is 91.0 Å². The molecule has 3 fully saturated rings. The van der Waals surface area contributed by atoms with Gasteiger partial charge in [-0.15, -0.1) is 0 Å². The van der Waals surface area contributed by atoms with E-state index < -0.39 is 11.6 Å². The lowest BCUT2D eigenvalue weighted by molar-refractivity contribution is -0.155. The van der Waals surface area contributed by atoms with Crippen molar-refractivity contribution < 1.29 is 34.8 Å². The summed E-state index contributed by atoms with van der Waals surface area (Å²) in [5, 5.41) is 2.31. The second-order valence-corrected chi connectivity index (χ2v) is 11.6. The predicted octanol–water partition coefficient (Wildman–Crippen LogP) is 4.23. The molecule has 236 valence electrons. The molecule has 0 radical (unpaired) electrons. The Morgan fingerprint density at radius 3 is 2.17 bits per heavy atom. The molecule has 3 aliphatic heterocycles. The maximum Gasteiger partial charge on any atom is 0.328 e. The first-order valence-electron chi connectivity index (χ1n) is 15.2. The van der Waals surface area contributed by atoms with E-state index in [0.29, 0.717) is 43.1 Å². The summed E-state index contributed by atoms with van der Waals surface area (Å²) in [5.41, 5.74) is 0.483. The molecule has 4 amide bonds. The van der Waals surface area contributed by atoms with Crippen molar-refractivity contribution in [3.05, 3.63) is 23.8 Å². The van der Waals surface area contributed by atoms with Crippen LogP contribution < -0.4 is 15.0 Å². The van der Waals surface area contributed by atoms with E-state index in [4.69, 9.17) is 14.2 Å². The van der Waals surface area contributed by atoms with Crippen molar-refractivity contribution in [2.24, 2.45) is 0 Å². The molecule has 3 saturated heterocycles. The number of ether oxygens (including phenoxy) is 3. The van der Waals surface area contributed by atoms with Gasteiger partial charge in [0, 0.05) is 52.7 Å². The van der Waals surface area contributed by atoms with Gasteiger partial charge >= 0.3 is 12.0 Å². The number of nitrogens with zero attached hydrogens (tertiary/aromatic N) is 3. The molecule has 0 atom stereocenters. The zero-order chi connectivity index (χ0) is 30.9. The maximum absolute atomic E-state index is 13.3. The smallest absolute Gasteiger partial charge is 0.328 e. The van der Waals surface area contributed by atoms with Gasteiger partial charge in [-0.05, 0) is 64.7 Å². The highest BCUT2D eigenvalue weighted by Crippen LogP contribution is 2.31. The van der Waals surface area contributed by atoms with Crippen LogP contribution in [0.1, 0.15) is 84.9 Å². The molecule has 1 aromatic carbocycles. The third kappa shape index (κ3) is 9.42. The van der Waals surface area contributed by atoms with Crippen molar-refractivity contribution in [2.75, 3.05) is 51.3 Å². The van der Waals surface area contributed by atoms with Gasteiger partial charge in [-0.25, -0.2) is 4.79 Å². The number of benzene rings is 1. The molecule has 0 bridgehead atoms. The SMILES string of the molecule is CC.COc1ccc(C(=O)N2CCC(OC3CCN(CCC(=O)OC(C)(C)C)CC3)CC2)cc1N1CCC(=O)NC1=O.[HH]. The van der Waals surface area contributed by atoms with E-state index in [2.05, 4.69) is 10.2 Å². The van der Waals surface area contributed by atoms with Crippen LogP contribution >= 0.6 is 0 Å². The lowest BCUT2D eigenvalue weighted by Crippen LogP contribution is -2.49. The van der Waals surface area contributed by atoms with E-state index in [9.17, 15) is 19.2 Å². The molecule has 3 aliphatic rings. The van der Waals surface area contributed by atoms with Gasteiger partial charge in [0.25, 0.3) is 5.91 Å². The second kappa shape index (κ2) is 15.3. The fourth-order valence-electron chi connectivity index (χ4n) is 5.39. The first-order valence-corrected chi connectivity index (χ1v) is 15.2. The molecule has 1 aromatic rings. The third-order valence-electron chi connectivity index (χ3n) is 7.47. The number of anilines is 1. The van der Waals surface area contributed by atoms with Gasteiger partial charge in [0.2, 0.25) is 5.91 Å². The molecule has 11 heteroatoms. The van der Waals surface area contributed by atoms with Crippen LogP contribution in [0.25, 0.3) is 0 Å². The normalized spacial score (nSPS) is 19.1. The van der Waals surface area contributed by atoms with Crippen LogP contribution in [0.2, 0.25) is 0 Å². The van der Waals surface area contributed by atoms with Crippen LogP contribution in [0, 0.1) is 0 Å². The Morgan fingerprint density at radius 2 is 1.60 bits per heavy atom. The van der Waals surface area contributed by atoms with Crippen LogP contribution in [-0.2, 0) is 19.1 Å². The highest BCUT2D eigenvalue weighted by molar-refractivity contribution is 6.07. The summed E-state index contributed by atoms with van der Waals surface area (Å²) in [7, 11) is 1.51. The van der Waals surface area contributed by atoms with E-state index in [1.165, 1.54) is 12.0 Å². The van der Waals surface area contributed by atoms with E-state index in [-0.39, 0.29) is 44.4 Å². The fourth-order valence-corrected chi connectivity index (χ4v) is 5.39. The minimum atomic E-state index is -0.522. The highest BCUT2D eigenvalue weighted by Gasteiger charge is 2.30. The first-order chi connectivity index (χ1) is 20.0. The van der Waals surface area contributed by atoms with Crippen LogP contribution in [0.4, 0.5) is 10.5 Å². The molecule has 4 rings (SSSR count). The van der Waals surface area contributed by atoms with E-state index in [1.54, 1.807) is 18.2 Å². The predicted molar refractivity (Wildman–Crippen MR) is 162 cm³/mol. The average molecular weight is 591 g/mol. The molecule has 0 aliphatic carbocycles. The molecule has 42 heavy (non-hydrogen) atoms. The standard InChI is InChI=1S/C29H42N4O7.C2H6.H2/c1-29(2,3)40-26(35)12-15-31-13-7-21(8-14-31)39-22-9-16-32(17-10-22)27(36)20-5-6-24(38-4)23(19-20)33-18-11-25(34)30-28(33)37;1-2;/h5-6,19,21-22H,7-18H2,1-4H3,(H,30,34,37);1-2H3;1H. The van der Waals surface area contributed by atoms with Crippen molar-refractivity contribution >= 4 is 29.5 Å². The quantitative estimate of drug-likeness (QED) is 0.447. The van der Waals surface area contributed by atoms with Crippen LogP contribution in [0.3, 0.4) is 0 Å². The number of nitrogens with one attached hydrogen (secondary N) is 1.